The van der Waals surface area contributed by atoms with Crippen LogP contribution in [0.25, 0.3) is 0 Å². The number of hydrogen-bond acceptors (Lipinski definition) is 3. The lowest BCUT2D eigenvalue weighted by molar-refractivity contribution is 0.338. The third-order valence-electron chi connectivity index (χ3n) is 3.72. The summed E-state index contributed by atoms with van der Waals surface area (Å²) in [6.07, 6.45) is 9.14. The Balaban J connectivity index is 1.91. The van der Waals surface area contributed by atoms with Crippen LogP contribution in [0.4, 0.5) is 11.5 Å². The molecule has 0 unspecified atom stereocenters. The van der Waals surface area contributed by atoms with Crippen LogP contribution < -0.4 is 11.5 Å². The van der Waals surface area contributed by atoms with Crippen molar-refractivity contribution in [2.24, 2.45) is 13.0 Å². The van der Waals surface area contributed by atoms with Crippen LogP contribution in [0.1, 0.15) is 44.2 Å². The molecule has 0 radical (unpaired) electrons. The lowest BCUT2D eigenvalue weighted by Gasteiger charge is -2.20. The normalized spacial score (nSPS) is 17.8. The summed E-state index contributed by atoms with van der Waals surface area (Å²) >= 11 is 0. The fourth-order valence-electron chi connectivity index (χ4n) is 2.61. The molecule has 1 fully saturated rings. The van der Waals surface area contributed by atoms with Gasteiger partial charge in [0.05, 0.1) is 11.4 Å². The van der Waals surface area contributed by atoms with E-state index in [0.717, 1.165) is 18.0 Å². The third-order valence-corrected chi connectivity index (χ3v) is 3.72. The third kappa shape index (κ3) is 2.31. The smallest absolute Gasteiger partial charge is 0.145 e. The van der Waals surface area contributed by atoms with E-state index in [4.69, 9.17) is 11.5 Å². The fourth-order valence-corrected chi connectivity index (χ4v) is 2.61. The Labute approximate surface area is 97.0 Å². The van der Waals surface area contributed by atoms with Gasteiger partial charge in [-0.1, -0.05) is 32.1 Å². The monoisotopic (exact) mass is 222 g/mol. The molecule has 0 bridgehead atoms. The van der Waals surface area contributed by atoms with Crippen LogP contribution in [-0.4, -0.2) is 9.78 Å². The van der Waals surface area contributed by atoms with E-state index in [1.165, 1.54) is 38.5 Å². The zero-order valence-corrected chi connectivity index (χ0v) is 10.1. The van der Waals surface area contributed by atoms with Crippen molar-refractivity contribution in [3.8, 4) is 0 Å². The Bertz CT molecular complexity index is 350. The van der Waals surface area contributed by atoms with Crippen molar-refractivity contribution >= 4 is 11.5 Å². The number of aromatic nitrogens is 2. The molecule has 4 N–H and O–H groups in total. The predicted octanol–water partition coefficient (Wildman–Crippen LogP) is 2.10. The van der Waals surface area contributed by atoms with E-state index in [9.17, 15) is 0 Å². The maximum absolute atomic E-state index is 5.91. The first-order valence-corrected chi connectivity index (χ1v) is 6.25. The Morgan fingerprint density at radius 2 is 1.94 bits per heavy atom. The standard InChI is InChI=1S/C12H22N4/c1-16-12(14)11(13)10(15-16)8-7-9-5-3-2-4-6-9/h9H,2-8,13-14H2,1H3. The molecular weight excluding hydrogens is 200 g/mol. The first kappa shape index (κ1) is 11.3. The van der Waals surface area contributed by atoms with Gasteiger partial charge in [-0.15, -0.1) is 0 Å². The lowest BCUT2D eigenvalue weighted by atomic mass is 9.86. The van der Waals surface area contributed by atoms with E-state index in [2.05, 4.69) is 5.10 Å². The minimum atomic E-state index is 0.596. The van der Waals surface area contributed by atoms with Crippen LogP contribution in [0.5, 0.6) is 0 Å². The average Bonchev–Trinajstić information content (AvgIpc) is 2.56. The second kappa shape index (κ2) is 4.76. The van der Waals surface area contributed by atoms with Gasteiger partial charge in [0.25, 0.3) is 0 Å². The van der Waals surface area contributed by atoms with E-state index in [1.807, 2.05) is 7.05 Å². The van der Waals surface area contributed by atoms with E-state index in [1.54, 1.807) is 4.68 Å². The van der Waals surface area contributed by atoms with Gasteiger partial charge in [0.2, 0.25) is 0 Å². The van der Waals surface area contributed by atoms with Gasteiger partial charge in [-0.2, -0.15) is 5.10 Å². The first-order valence-electron chi connectivity index (χ1n) is 6.25. The molecule has 4 heteroatoms. The molecule has 0 saturated heterocycles. The molecule has 0 aromatic carbocycles. The molecule has 16 heavy (non-hydrogen) atoms. The van der Waals surface area contributed by atoms with Gasteiger partial charge in [-0.05, 0) is 18.8 Å². The Kier molecular flexibility index (Phi) is 3.36. The molecule has 0 atom stereocenters. The summed E-state index contributed by atoms with van der Waals surface area (Å²) in [5, 5.41) is 4.36. The number of rotatable bonds is 3. The SMILES string of the molecule is Cn1nc(CCC2CCCCC2)c(N)c1N. The lowest BCUT2D eigenvalue weighted by Crippen LogP contribution is -2.08. The second-order valence-corrected chi connectivity index (χ2v) is 4.91. The Hall–Kier alpha value is -1.19. The summed E-state index contributed by atoms with van der Waals surface area (Å²) in [4.78, 5) is 0. The van der Waals surface area contributed by atoms with Crippen molar-refractivity contribution in [2.45, 2.75) is 44.9 Å². The highest BCUT2D eigenvalue weighted by atomic mass is 15.3. The summed E-state index contributed by atoms with van der Waals surface area (Å²) in [7, 11) is 1.84. The van der Waals surface area contributed by atoms with Crippen LogP contribution in [0, 0.1) is 5.92 Å². The molecule has 0 amide bonds. The number of nitrogen functional groups attached to an aromatic ring is 2. The molecule has 1 aromatic rings. The van der Waals surface area contributed by atoms with Crippen molar-refractivity contribution in [2.75, 3.05) is 11.5 Å². The van der Waals surface area contributed by atoms with E-state index in [0.29, 0.717) is 11.5 Å². The van der Waals surface area contributed by atoms with Gasteiger partial charge >= 0.3 is 0 Å². The number of anilines is 2. The summed E-state index contributed by atoms with van der Waals surface area (Å²) in [5.74, 6) is 1.47. The zero-order valence-electron chi connectivity index (χ0n) is 10.1. The Morgan fingerprint density at radius 3 is 2.50 bits per heavy atom. The van der Waals surface area contributed by atoms with E-state index < -0.39 is 0 Å². The van der Waals surface area contributed by atoms with Crippen molar-refractivity contribution < 1.29 is 0 Å². The highest BCUT2D eigenvalue weighted by Gasteiger charge is 2.16. The summed E-state index contributed by atoms with van der Waals surface area (Å²) in [6.45, 7) is 0. The van der Waals surface area contributed by atoms with Crippen LogP contribution in [-0.2, 0) is 13.5 Å². The van der Waals surface area contributed by atoms with Crippen molar-refractivity contribution in [3.05, 3.63) is 5.69 Å². The van der Waals surface area contributed by atoms with Gasteiger partial charge in [0.1, 0.15) is 5.82 Å². The molecular formula is C12H22N4. The minimum Gasteiger partial charge on any atom is -0.394 e. The van der Waals surface area contributed by atoms with Crippen molar-refractivity contribution in [1.29, 1.82) is 0 Å². The molecule has 0 spiro atoms. The molecule has 1 heterocycles. The molecule has 1 aromatic heterocycles. The second-order valence-electron chi connectivity index (χ2n) is 4.91. The first-order chi connectivity index (χ1) is 7.68. The number of nitrogens with two attached hydrogens (primary N) is 2. The molecule has 1 saturated carbocycles. The number of hydrogen-bond donors (Lipinski definition) is 2. The van der Waals surface area contributed by atoms with Crippen LogP contribution in [0.2, 0.25) is 0 Å². The maximum atomic E-state index is 5.91. The topological polar surface area (TPSA) is 69.9 Å². The van der Waals surface area contributed by atoms with Crippen LogP contribution >= 0.6 is 0 Å². The van der Waals surface area contributed by atoms with Crippen LogP contribution in [0.3, 0.4) is 0 Å². The zero-order chi connectivity index (χ0) is 11.5. The van der Waals surface area contributed by atoms with Gasteiger partial charge in [0, 0.05) is 7.05 Å². The number of aryl methyl sites for hydroxylation is 2. The summed E-state index contributed by atoms with van der Waals surface area (Å²) in [6, 6.07) is 0. The Morgan fingerprint density at radius 1 is 1.25 bits per heavy atom. The summed E-state index contributed by atoms with van der Waals surface area (Å²) in [5.41, 5.74) is 13.4. The largest absolute Gasteiger partial charge is 0.394 e. The van der Waals surface area contributed by atoms with E-state index >= 15 is 0 Å². The van der Waals surface area contributed by atoms with Crippen molar-refractivity contribution in [1.82, 2.24) is 9.78 Å². The fraction of sp³-hybridized carbons (Fsp3) is 0.750. The van der Waals surface area contributed by atoms with E-state index in [-0.39, 0.29) is 0 Å². The molecule has 1 aliphatic rings. The molecule has 1 aliphatic carbocycles. The van der Waals surface area contributed by atoms with Crippen LogP contribution in [0.15, 0.2) is 0 Å². The molecule has 90 valence electrons. The highest BCUT2D eigenvalue weighted by molar-refractivity contribution is 5.62. The maximum Gasteiger partial charge on any atom is 0.145 e. The minimum absolute atomic E-state index is 0.596. The quantitative estimate of drug-likeness (QED) is 0.822. The van der Waals surface area contributed by atoms with Crippen molar-refractivity contribution in [3.63, 3.8) is 0 Å². The summed E-state index contributed by atoms with van der Waals surface area (Å²) < 4.78 is 1.67. The van der Waals surface area contributed by atoms with Gasteiger partial charge in [0.15, 0.2) is 0 Å². The molecule has 4 nitrogen and oxygen atoms in total. The average molecular weight is 222 g/mol. The number of nitrogens with zero attached hydrogens (tertiary/aromatic N) is 2. The highest BCUT2D eigenvalue weighted by Crippen LogP contribution is 2.29. The van der Waals surface area contributed by atoms with Gasteiger partial charge in [-0.25, -0.2) is 0 Å². The van der Waals surface area contributed by atoms with Gasteiger partial charge < -0.3 is 11.5 Å². The molecule has 2 rings (SSSR count). The predicted molar refractivity (Wildman–Crippen MR) is 66.9 cm³/mol. The van der Waals surface area contributed by atoms with Gasteiger partial charge in [-0.3, -0.25) is 4.68 Å². The molecule has 0 aliphatic heterocycles.